The predicted molar refractivity (Wildman–Crippen MR) is 104 cm³/mol. The summed E-state index contributed by atoms with van der Waals surface area (Å²) in [7, 11) is 3.14. The van der Waals surface area contributed by atoms with E-state index in [1.807, 2.05) is 37.3 Å². The maximum absolute atomic E-state index is 13.1. The summed E-state index contributed by atoms with van der Waals surface area (Å²) in [5.74, 6) is 0.339. The van der Waals surface area contributed by atoms with Crippen LogP contribution in [0, 0.1) is 6.92 Å². The summed E-state index contributed by atoms with van der Waals surface area (Å²) < 4.78 is 16.1. The lowest BCUT2D eigenvalue weighted by atomic mass is 9.83. The summed E-state index contributed by atoms with van der Waals surface area (Å²) in [5, 5.41) is 0. The zero-order valence-electron chi connectivity index (χ0n) is 16.0. The Balaban J connectivity index is 1.83. The van der Waals surface area contributed by atoms with Crippen molar-refractivity contribution in [3.05, 3.63) is 64.9 Å². The van der Waals surface area contributed by atoms with Crippen LogP contribution in [0.25, 0.3) is 0 Å². The average molecular weight is 379 g/mol. The van der Waals surface area contributed by atoms with Crippen LogP contribution in [-0.4, -0.2) is 32.7 Å². The molecule has 1 atom stereocenters. The number of benzene rings is 2. The summed E-state index contributed by atoms with van der Waals surface area (Å²) >= 11 is 0. The second-order valence-corrected chi connectivity index (χ2v) is 6.87. The third-order valence-corrected chi connectivity index (χ3v) is 5.23. The van der Waals surface area contributed by atoms with Crippen LogP contribution in [0.15, 0.2) is 53.7 Å². The zero-order chi connectivity index (χ0) is 19.8. The molecule has 0 bridgehead atoms. The van der Waals surface area contributed by atoms with Crippen molar-refractivity contribution in [3.63, 3.8) is 0 Å². The number of cyclic esters (lactones) is 1. The molecule has 0 N–H and O–H groups in total. The molecule has 0 aromatic heterocycles. The summed E-state index contributed by atoms with van der Waals surface area (Å²) in [6.45, 7) is 2.07. The standard InChI is InChI=1S/C22H21NO5/c1-13-4-6-14(7-5-13)23-18-12-28-22(25)21(18)17(11-20(23)24)16-9-8-15(26-2)10-19(16)27-3/h4-10,17H,11-12H2,1-3H3/t17-/m0/s1. The SMILES string of the molecule is COc1ccc([C@@H]2CC(=O)N(c3ccc(C)cc3)C3=C2C(=O)OC3)c(OC)c1. The van der Waals surface area contributed by atoms with Gasteiger partial charge in [-0.25, -0.2) is 4.79 Å². The molecule has 144 valence electrons. The van der Waals surface area contributed by atoms with Crippen molar-refractivity contribution in [2.75, 3.05) is 25.7 Å². The van der Waals surface area contributed by atoms with Gasteiger partial charge in [-0.15, -0.1) is 0 Å². The lowest BCUT2D eigenvalue weighted by molar-refractivity contribution is -0.136. The van der Waals surface area contributed by atoms with Crippen LogP contribution in [0.5, 0.6) is 11.5 Å². The highest BCUT2D eigenvalue weighted by Gasteiger charge is 2.43. The van der Waals surface area contributed by atoms with Gasteiger partial charge in [0.25, 0.3) is 0 Å². The van der Waals surface area contributed by atoms with E-state index < -0.39 is 5.92 Å². The molecule has 6 nitrogen and oxygen atoms in total. The minimum absolute atomic E-state index is 0.0798. The number of rotatable bonds is 4. The molecule has 0 aliphatic carbocycles. The molecule has 4 rings (SSSR count). The molecule has 0 unspecified atom stereocenters. The first-order chi connectivity index (χ1) is 13.5. The van der Waals surface area contributed by atoms with Gasteiger partial charge in [0.1, 0.15) is 18.1 Å². The van der Waals surface area contributed by atoms with Gasteiger partial charge in [-0.1, -0.05) is 23.8 Å². The van der Waals surface area contributed by atoms with E-state index in [0.29, 0.717) is 22.8 Å². The van der Waals surface area contributed by atoms with Crippen LogP contribution in [-0.2, 0) is 14.3 Å². The van der Waals surface area contributed by atoms with Crippen LogP contribution in [0.1, 0.15) is 23.5 Å². The Labute approximate surface area is 163 Å². The number of methoxy groups -OCH3 is 2. The Morgan fingerprint density at radius 1 is 1.04 bits per heavy atom. The normalized spacial score (nSPS) is 18.8. The molecule has 0 saturated heterocycles. The van der Waals surface area contributed by atoms with E-state index in [4.69, 9.17) is 14.2 Å². The summed E-state index contributed by atoms with van der Waals surface area (Å²) in [5.41, 5.74) is 3.73. The number of carbonyl (C=O) groups is 2. The summed E-state index contributed by atoms with van der Waals surface area (Å²) in [6.07, 6.45) is 0.157. The van der Waals surface area contributed by atoms with E-state index in [1.54, 1.807) is 31.3 Å². The van der Waals surface area contributed by atoms with E-state index in [-0.39, 0.29) is 24.9 Å². The van der Waals surface area contributed by atoms with Gasteiger partial charge in [-0.05, 0) is 25.1 Å². The second-order valence-electron chi connectivity index (χ2n) is 6.87. The van der Waals surface area contributed by atoms with E-state index in [9.17, 15) is 9.59 Å². The number of esters is 1. The maximum atomic E-state index is 13.1. The van der Waals surface area contributed by atoms with Gasteiger partial charge in [0.05, 0.1) is 25.5 Å². The molecule has 0 fully saturated rings. The van der Waals surface area contributed by atoms with Crippen molar-refractivity contribution < 1.29 is 23.8 Å². The highest BCUT2D eigenvalue weighted by atomic mass is 16.5. The van der Waals surface area contributed by atoms with E-state index in [2.05, 4.69) is 0 Å². The minimum Gasteiger partial charge on any atom is -0.497 e. The molecule has 6 heteroatoms. The van der Waals surface area contributed by atoms with E-state index in [1.165, 1.54) is 0 Å². The summed E-state index contributed by atoms with van der Waals surface area (Å²) in [6, 6.07) is 13.1. The number of anilines is 1. The highest BCUT2D eigenvalue weighted by molar-refractivity contribution is 6.06. The van der Waals surface area contributed by atoms with Crippen LogP contribution < -0.4 is 14.4 Å². The fourth-order valence-corrected chi connectivity index (χ4v) is 3.82. The first-order valence-electron chi connectivity index (χ1n) is 9.05. The largest absolute Gasteiger partial charge is 0.497 e. The molecular formula is C22H21NO5. The molecule has 2 aromatic carbocycles. The second kappa shape index (κ2) is 7.03. The fraction of sp³-hybridized carbons (Fsp3) is 0.273. The van der Waals surface area contributed by atoms with Crippen molar-refractivity contribution in [1.82, 2.24) is 0 Å². The maximum Gasteiger partial charge on any atom is 0.336 e. The number of nitrogens with zero attached hydrogens (tertiary/aromatic N) is 1. The highest BCUT2D eigenvalue weighted by Crippen LogP contribution is 2.45. The quantitative estimate of drug-likeness (QED) is 0.763. The van der Waals surface area contributed by atoms with Gasteiger partial charge in [0.2, 0.25) is 5.91 Å². The van der Waals surface area contributed by atoms with Crippen molar-refractivity contribution in [3.8, 4) is 11.5 Å². The predicted octanol–water partition coefficient (Wildman–Crippen LogP) is 3.34. The average Bonchev–Trinajstić information content (AvgIpc) is 3.09. The van der Waals surface area contributed by atoms with Crippen LogP contribution >= 0.6 is 0 Å². The van der Waals surface area contributed by atoms with Gasteiger partial charge in [-0.3, -0.25) is 9.69 Å². The van der Waals surface area contributed by atoms with Crippen LogP contribution in [0.4, 0.5) is 5.69 Å². The number of amides is 1. The van der Waals surface area contributed by atoms with Crippen molar-refractivity contribution in [2.45, 2.75) is 19.3 Å². The lowest BCUT2D eigenvalue weighted by Gasteiger charge is -2.32. The van der Waals surface area contributed by atoms with E-state index in [0.717, 1.165) is 16.8 Å². The number of hydrogen-bond acceptors (Lipinski definition) is 5. The van der Waals surface area contributed by atoms with Gasteiger partial charge in [0.15, 0.2) is 0 Å². The zero-order valence-corrected chi connectivity index (χ0v) is 16.0. The van der Waals surface area contributed by atoms with Gasteiger partial charge in [0, 0.05) is 29.7 Å². The Hall–Kier alpha value is -3.28. The Bertz CT molecular complexity index is 977. The Morgan fingerprint density at radius 3 is 2.46 bits per heavy atom. The molecule has 2 aliphatic heterocycles. The third kappa shape index (κ3) is 2.91. The van der Waals surface area contributed by atoms with Gasteiger partial charge >= 0.3 is 5.97 Å². The molecule has 0 spiro atoms. The number of ether oxygens (including phenoxy) is 3. The smallest absolute Gasteiger partial charge is 0.336 e. The number of hydrogen-bond donors (Lipinski definition) is 0. The topological polar surface area (TPSA) is 65.1 Å². The number of carbonyl (C=O) groups excluding carboxylic acids is 2. The summed E-state index contributed by atoms with van der Waals surface area (Å²) in [4.78, 5) is 27.3. The van der Waals surface area contributed by atoms with Crippen molar-refractivity contribution in [1.29, 1.82) is 0 Å². The molecule has 2 aliphatic rings. The van der Waals surface area contributed by atoms with Crippen LogP contribution in [0.2, 0.25) is 0 Å². The first kappa shape index (κ1) is 18.1. The number of aryl methyl sites for hydroxylation is 1. The van der Waals surface area contributed by atoms with Crippen LogP contribution in [0.3, 0.4) is 0 Å². The molecule has 1 amide bonds. The fourth-order valence-electron chi connectivity index (χ4n) is 3.82. The lowest BCUT2D eigenvalue weighted by Crippen LogP contribution is -2.37. The Morgan fingerprint density at radius 2 is 1.79 bits per heavy atom. The van der Waals surface area contributed by atoms with Crippen molar-refractivity contribution >= 4 is 17.6 Å². The van der Waals surface area contributed by atoms with E-state index >= 15 is 0 Å². The minimum atomic E-state index is -0.417. The molecule has 0 radical (unpaired) electrons. The molecule has 28 heavy (non-hydrogen) atoms. The Kier molecular flexibility index (Phi) is 4.55. The molecule has 0 saturated carbocycles. The van der Waals surface area contributed by atoms with Crippen molar-refractivity contribution in [2.24, 2.45) is 0 Å². The third-order valence-electron chi connectivity index (χ3n) is 5.23. The monoisotopic (exact) mass is 379 g/mol. The molecular weight excluding hydrogens is 358 g/mol. The molecule has 2 heterocycles. The van der Waals surface area contributed by atoms with Gasteiger partial charge < -0.3 is 14.2 Å². The van der Waals surface area contributed by atoms with Gasteiger partial charge in [-0.2, -0.15) is 0 Å². The first-order valence-corrected chi connectivity index (χ1v) is 9.05. The molecule has 2 aromatic rings.